The first-order valence-electron chi connectivity index (χ1n) is 11.3. The van der Waals surface area contributed by atoms with Crippen molar-refractivity contribution in [2.75, 3.05) is 13.7 Å². The van der Waals surface area contributed by atoms with Crippen LogP contribution >= 0.6 is 0 Å². The van der Waals surface area contributed by atoms with Crippen molar-refractivity contribution in [1.29, 1.82) is 0 Å². The fourth-order valence-corrected chi connectivity index (χ4v) is 4.08. The predicted molar refractivity (Wildman–Crippen MR) is 134 cm³/mol. The topological polar surface area (TPSA) is 149 Å². The van der Waals surface area contributed by atoms with Gasteiger partial charge in [0.15, 0.2) is 0 Å². The predicted octanol–water partition coefficient (Wildman–Crippen LogP) is 3.06. The number of aromatic amines is 2. The van der Waals surface area contributed by atoms with E-state index >= 15 is 0 Å². The number of aliphatic hydroxyl groups excluding tert-OH is 1. The van der Waals surface area contributed by atoms with E-state index in [0.29, 0.717) is 51.4 Å². The van der Waals surface area contributed by atoms with E-state index in [9.17, 15) is 15.0 Å². The van der Waals surface area contributed by atoms with Crippen molar-refractivity contribution in [3.05, 3.63) is 78.5 Å². The highest BCUT2D eigenvalue weighted by Gasteiger charge is 2.18. The van der Waals surface area contributed by atoms with Crippen LogP contribution in [0, 0.1) is 0 Å². The SMILES string of the molecule is COc1ncccc1-c1cccc(-c2nc3ccc(C(=O)N[C@@H](CO)Cc4cnc[nH]4)cc3[nH]2)c1O. The van der Waals surface area contributed by atoms with E-state index in [1.807, 2.05) is 12.1 Å². The monoisotopic (exact) mass is 484 g/mol. The molecule has 0 aliphatic carbocycles. The Morgan fingerprint density at radius 1 is 1.14 bits per heavy atom. The van der Waals surface area contributed by atoms with Crippen LogP contribution in [-0.4, -0.2) is 60.8 Å². The van der Waals surface area contributed by atoms with Gasteiger partial charge in [-0.1, -0.05) is 12.1 Å². The lowest BCUT2D eigenvalue weighted by molar-refractivity contribution is 0.0916. The van der Waals surface area contributed by atoms with E-state index < -0.39 is 6.04 Å². The number of imidazole rings is 2. The number of amides is 1. The first kappa shape index (κ1) is 23.1. The maximum atomic E-state index is 12.8. The number of carbonyl (C=O) groups is 1. The van der Waals surface area contributed by atoms with Crippen LogP contribution in [0.4, 0.5) is 0 Å². The van der Waals surface area contributed by atoms with Gasteiger partial charge in [0.05, 0.1) is 42.7 Å². The lowest BCUT2D eigenvalue weighted by Crippen LogP contribution is -2.39. The van der Waals surface area contributed by atoms with Crippen molar-refractivity contribution in [2.45, 2.75) is 12.5 Å². The largest absolute Gasteiger partial charge is 0.507 e. The number of carbonyl (C=O) groups excluding carboxylic acids is 1. The minimum absolute atomic E-state index is 0.0328. The number of rotatable bonds is 8. The average Bonchev–Trinajstić information content (AvgIpc) is 3.57. The molecule has 0 aliphatic heterocycles. The average molecular weight is 485 g/mol. The Bertz CT molecular complexity index is 1510. The van der Waals surface area contributed by atoms with Crippen molar-refractivity contribution < 1.29 is 19.7 Å². The number of para-hydroxylation sites is 1. The fraction of sp³-hybridized carbons (Fsp3) is 0.154. The van der Waals surface area contributed by atoms with E-state index in [0.717, 1.165) is 5.69 Å². The maximum absolute atomic E-state index is 12.8. The van der Waals surface area contributed by atoms with Gasteiger partial charge in [0.25, 0.3) is 5.91 Å². The minimum Gasteiger partial charge on any atom is -0.507 e. The zero-order valence-corrected chi connectivity index (χ0v) is 19.4. The number of methoxy groups -OCH3 is 1. The zero-order valence-electron chi connectivity index (χ0n) is 19.4. The van der Waals surface area contributed by atoms with Crippen LogP contribution in [0.5, 0.6) is 11.6 Å². The second-order valence-electron chi connectivity index (χ2n) is 8.21. The van der Waals surface area contributed by atoms with Crippen molar-refractivity contribution >= 4 is 16.9 Å². The summed E-state index contributed by atoms with van der Waals surface area (Å²) in [6.45, 7) is -0.210. The number of phenols is 1. The molecule has 0 radical (unpaired) electrons. The van der Waals surface area contributed by atoms with Gasteiger partial charge in [-0.15, -0.1) is 0 Å². The van der Waals surface area contributed by atoms with Crippen LogP contribution in [0.3, 0.4) is 0 Å². The van der Waals surface area contributed by atoms with E-state index in [4.69, 9.17) is 4.74 Å². The van der Waals surface area contributed by atoms with Crippen molar-refractivity contribution in [3.8, 4) is 34.1 Å². The molecule has 0 aliphatic rings. The summed E-state index contributed by atoms with van der Waals surface area (Å²) in [5.74, 6) is 0.571. The number of benzene rings is 2. The molecule has 182 valence electrons. The quantitative estimate of drug-likeness (QED) is 0.227. The van der Waals surface area contributed by atoms with Crippen molar-refractivity contribution in [3.63, 3.8) is 0 Å². The second-order valence-corrected chi connectivity index (χ2v) is 8.21. The standard InChI is InChI=1S/C26H24N6O4/c1-36-26-19(6-3-9-28-26)18-4-2-5-20(23(18)34)24-31-21-8-7-15(10-22(21)32-24)25(35)30-17(13-33)11-16-12-27-14-29-16/h2-10,12,14,17,33-34H,11,13H2,1H3,(H,27,29)(H,30,35)(H,31,32)/t17-/m1/s1. The highest BCUT2D eigenvalue weighted by atomic mass is 16.5. The Labute approximate surface area is 206 Å². The number of hydrogen-bond acceptors (Lipinski definition) is 7. The lowest BCUT2D eigenvalue weighted by atomic mass is 10.0. The molecule has 10 nitrogen and oxygen atoms in total. The number of hydrogen-bond donors (Lipinski definition) is 5. The van der Waals surface area contributed by atoms with E-state index in [-0.39, 0.29) is 18.3 Å². The third-order valence-electron chi connectivity index (χ3n) is 5.87. The van der Waals surface area contributed by atoms with Crippen molar-refractivity contribution in [1.82, 2.24) is 30.2 Å². The Kier molecular flexibility index (Phi) is 6.33. The molecule has 10 heteroatoms. The van der Waals surface area contributed by atoms with Gasteiger partial charge in [-0.25, -0.2) is 15.0 Å². The molecule has 1 amide bonds. The summed E-state index contributed by atoms with van der Waals surface area (Å²) in [5.41, 5.74) is 4.22. The summed E-state index contributed by atoms with van der Waals surface area (Å²) < 4.78 is 5.34. The van der Waals surface area contributed by atoms with Gasteiger partial charge in [0, 0.05) is 41.2 Å². The molecule has 5 aromatic rings. The third-order valence-corrected chi connectivity index (χ3v) is 5.87. The van der Waals surface area contributed by atoms with Gasteiger partial charge in [0.1, 0.15) is 11.6 Å². The molecule has 0 bridgehead atoms. The summed E-state index contributed by atoms with van der Waals surface area (Å²) in [6.07, 6.45) is 5.25. The molecule has 0 spiro atoms. The van der Waals surface area contributed by atoms with Gasteiger partial charge in [-0.05, 0) is 36.4 Å². The van der Waals surface area contributed by atoms with E-state index in [1.165, 1.54) is 7.11 Å². The normalized spacial score (nSPS) is 11.9. The number of nitrogens with one attached hydrogen (secondary N) is 3. The van der Waals surface area contributed by atoms with Crippen LogP contribution in [0.25, 0.3) is 33.5 Å². The maximum Gasteiger partial charge on any atom is 0.251 e. The Morgan fingerprint density at radius 2 is 1.97 bits per heavy atom. The molecule has 3 heterocycles. The number of nitrogens with zero attached hydrogens (tertiary/aromatic N) is 3. The number of ether oxygens (including phenoxy) is 1. The summed E-state index contributed by atoms with van der Waals surface area (Å²) in [4.78, 5) is 31.8. The van der Waals surface area contributed by atoms with Gasteiger partial charge >= 0.3 is 0 Å². The molecule has 5 N–H and O–H groups in total. The van der Waals surface area contributed by atoms with Gasteiger partial charge < -0.3 is 30.2 Å². The summed E-state index contributed by atoms with van der Waals surface area (Å²) in [7, 11) is 1.53. The first-order chi connectivity index (χ1) is 17.6. The molecular weight excluding hydrogens is 460 g/mol. The van der Waals surface area contributed by atoms with Crippen molar-refractivity contribution in [2.24, 2.45) is 0 Å². The zero-order chi connectivity index (χ0) is 25.1. The summed E-state index contributed by atoms with van der Waals surface area (Å²) in [6, 6.07) is 13.6. The third kappa shape index (κ3) is 4.49. The van der Waals surface area contributed by atoms with Crippen LogP contribution in [0.1, 0.15) is 16.1 Å². The molecule has 5 rings (SSSR count). The molecule has 1 atom stereocenters. The van der Waals surface area contributed by atoms with E-state index in [2.05, 4.69) is 30.2 Å². The highest BCUT2D eigenvalue weighted by Crippen LogP contribution is 2.40. The first-order valence-corrected chi connectivity index (χ1v) is 11.3. The molecule has 0 saturated heterocycles. The van der Waals surface area contributed by atoms with Crippen LogP contribution in [-0.2, 0) is 6.42 Å². The Hall–Kier alpha value is -4.70. The van der Waals surface area contributed by atoms with Gasteiger partial charge in [-0.2, -0.15) is 0 Å². The van der Waals surface area contributed by atoms with E-state index in [1.54, 1.807) is 55.1 Å². The fourth-order valence-electron chi connectivity index (χ4n) is 4.08. The van der Waals surface area contributed by atoms with Gasteiger partial charge in [0.2, 0.25) is 5.88 Å². The van der Waals surface area contributed by atoms with Crippen LogP contribution in [0.15, 0.2) is 67.3 Å². The molecule has 36 heavy (non-hydrogen) atoms. The number of aromatic hydroxyl groups is 1. The lowest BCUT2D eigenvalue weighted by Gasteiger charge is -2.15. The molecule has 3 aromatic heterocycles. The summed E-state index contributed by atoms with van der Waals surface area (Å²) in [5, 5.41) is 23.6. The molecule has 0 unspecified atom stereocenters. The Morgan fingerprint density at radius 3 is 2.75 bits per heavy atom. The number of phenolic OH excluding ortho intramolecular Hbond substituents is 1. The number of aromatic nitrogens is 5. The Balaban J connectivity index is 1.42. The summed E-state index contributed by atoms with van der Waals surface area (Å²) >= 11 is 0. The molecular formula is C26H24N6O4. The molecule has 0 fully saturated rings. The van der Waals surface area contributed by atoms with Crippen LogP contribution < -0.4 is 10.1 Å². The number of pyridine rings is 1. The molecule has 0 saturated carbocycles. The smallest absolute Gasteiger partial charge is 0.251 e. The number of H-pyrrole nitrogens is 2. The highest BCUT2D eigenvalue weighted by molar-refractivity contribution is 5.98. The minimum atomic E-state index is -0.463. The van der Waals surface area contributed by atoms with Crippen LogP contribution in [0.2, 0.25) is 0 Å². The number of aliphatic hydroxyl groups is 1. The number of fused-ring (bicyclic) bond motifs is 1. The second kappa shape index (κ2) is 9.88. The molecule has 2 aromatic carbocycles. The van der Waals surface area contributed by atoms with Gasteiger partial charge in [-0.3, -0.25) is 4.79 Å².